The van der Waals surface area contributed by atoms with Crippen LogP contribution in [0.3, 0.4) is 0 Å². The van der Waals surface area contributed by atoms with Gasteiger partial charge in [-0.1, -0.05) is 54.1 Å². The maximum Gasteiger partial charge on any atom is 0.248 e. The Morgan fingerprint density at radius 3 is 2.59 bits per heavy atom. The summed E-state index contributed by atoms with van der Waals surface area (Å²) in [6.07, 6.45) is 3.19. The molecule has 1 N–H and O–H groups in total. The standard InChI is InChI=1S/C24H22ClNO3/c1-17-8-11-20(25)15-21(17)26-24(27)13-10-18-9-12-22(23(14-18)28-2)29-16-19-6-4-3-5-7-19/h3-15H,16H2,1-2H3,(H,26,27). The predicted octanol–water partition coefficient (Wildman–Crippen LogP) is 5.89. The lowest BCUT2D eigenvalue weighted by atomic mass is 10.1. The molecule has 0 bridgehead atoms. The summed E-state index contributed by atoms with van der Waals surface area (Å²) in [5.41, 5.74) is 3.53. The van der Waals surface area contributed by atoms with E-state index in [9.17, 15) is 4.79 Å². The van der Waals surface area contributed by atoms with Crippen molar-refractivity contribution in [3.63, 3.8) is 0 Å². The molecule has 3 aromatic carbocycles. The number of ether oxygens (including phenoxy) is 2. The number of methoxy groups -OCH3 is 1. The zero-order valence-electron chi connectivity index (χ0n) is 16.3. The Morgan fingerprint density at radius 1 is 1.03 bits per heavy atom. The Labute approximate surface area is 175 Å². The number of benzene rings is 3. The number of amides is 1. The Balaban J connectivity index is 1.66. The van der Waals surface area contributed by atoms with E-state index in [2.05, 4.69) is 5.32 Å². The Bertz CT molecular complexity index is 1020. The van der Waals surface area contributed by atoms with Crippen LogP contribution in [0.15, 0.2) is 72.8 Å². The minimum absolute atomic E-state index is 0.237. The molecule has 5 heteroatoms. The van der Waals surface area contributed by atoms with Crippen molar-refractivity contribution >= 4 is 29.3 Å². The Morgan fingerprint density at radius 2 is 1.83 bits per heavy atom. The summed E-state index contributed by atoms with van der Waals surface area (Å²) >= 11 is 5.99. The number of carbonyl (C=O) groups is 1. The monoisotopic (exact) mass is 407 g/mol. The molecule has 0 aliphatic heterocycles. The average Bonchev–Trinajstić information content (AvgIpc) is 2.74. The van der Waals surface area contributed by atoms with Gasteiger partial charge in [-0.15, -0.1) is 0 Å². The van der Waals surface area contributed by atoms with Gasteiger partial charge >= 0.3 is 0 Å². The van der Waals surface area contributed by atoms with E-state index in [-0.39, 0.29) is 5.91 Å². The summed E-state index contributed by atoms with van der Waals surface area (Å²) in [6, 6.07) is 20.8. The second-order valence-corrected chi connectivity index (χ2v) is 6.90. The minimum Gasteiger partial charge on any atom is -0.493 e. The van der Waals surface area contributed by atoms with Crippen molar-refractivity contribution in [3.8, 4) is 11.5 Å². The maximum absolute atomic E-state index is 12.2. The molecule has 0 saturated heterocycles. The number of hydrogen-bond acceptors (Lipinski definition) is 3. The summed E-state index contributed by atoms with van der Waals surface area (Å²) < 4.78 is 11.3. The number of rotatable bonds is 7. The van der Waals surface area contributed by atoms with Crippen molar-refractivity contribution in [1.82, 2.24) is 0 Å². The zero-order valence-corrected chi connectivity index (χ0v) is 17.1. The molecule has 0 aliphatic carbocycles. The van der Waals surface area contributed by atoms with E-state index >= 15 is 0 Å². The van der Waals surface area contributed by atoms with Crippen LogP contribution in [0.25, 0.3) is 6.08 Å². The van der Waals surface area contributed by atoms with Crippen LogP contribution >= 0.6 is 11.6 Å². The first-order valence-corrected chi connectivity index (χ1v) is 9.53. The first kappa shape index (κ1) is 20.5. The zero-order chi connectivity index (χ0) is 20.6. The minimum atomic E-state index is -0.237. The molecule has 0 radical (unpaired) electrons. The first-order chi connectivity index (χ1) is 14.0. The van der Waals surface area contributed by atoms with Gasteiger partial charge in [-0.25, -0.2) is 0 Å². The lowest BCUT2D eigenvalue weighted by molar-refractivity contribution is -0.111. The fourth-order valence-electron chi connectivity index (χ4n) is 2.72. The van der Waals surface area contributed by atoms with Crippen LogP contribution in [0.1, 0.15) is 16.7 Å². The summed E-state index contributed by atoms with van der Waals surface area (Å²) in [5.74, 6) is 1.01. The van der Waals surface area contributed by atoms with E-state index in [1.54, 1.807) is 25.3 Å². The fraction of sp³-hybridized carbons (Fsp3) is 0.125. The van der Waals surface area contributed by atoms with Crippen molar-refractivity contribution in [2.75, 3.05) is 12.4 Å². The number of halogens is 1. The molecule has 148 valence electrons. The van der Waals surface area contributed by atoms with Gasteiger partial charge in [0.05, 0.1) is 7.11 Å². The van der Waals surface area contributed by atoms with Gasteiger partial charge in [0.2, 0.25) is 5.91 Å². The summed E-state index contributed by atoms with van der Waals surface area (Å²) in [7, 11) is 1.59. The van der Waals surface area contributed by atoms with Gasteiger partial charge in [0.25, 0.3) is 0 Å². The molecule has 1 amide bonds. The lowest BCUT2D eigenvalue weighted by Crippen LogP contribution is -2.08. The second-order valence-electron chi connectivity index (χ2n) is 6.47. The summed E-state index contributed by atoms with van der Waals surface area (Å²) in [6.45, 7) is 2.36. The van der Waals surface area contributed by atoms with Crippen LogP contribution in [0.2, 0.25) is 5.02 Å². The van der Waals surface area contributed by atoms with Gasteiger partial charge < -0.3 is 14.8 Å². The molecule has 3 rings (SSSR count). The molecular weight excluding hydrogens is 386 g/mol. The summed E-state index contributed by atoms with van der Waals surface area (Å²) in [4.78, 5) is 12.2. The molecule has 3 aromatic rings. The van der Waals surface area contributed by atoms with E-state index < -0.39 is 0 Å². The third kappa shape index (κ3) is 5.87. The first-order valence-electron chi connectivity index (χ1n) is 9.15. The average molecular weight is 408 g/mol. The van der Waals surface area contributed by atoms with Crippen molar-refractivity contribution in [2.45, 2.75) is 13.5 Å². The number of anilines is 1. The van der Waals surface area contributed by atoms with Gasteiger partial charge in [-0.2, -0.15) is 0 Å². The number of nitrogens with one attached hydrogen (secondary N) is 1. The van der Waals surface area contributed by atoms with Gasteiger partial charge in [-0.3, -0.25) is 4.79 Å². The van der Waals surface area contributed by atoms with E-state index in [0.29, 0.717) is 28.8 Å². The molecule has 0 spiro atoms. The highest BCUT2D eigenvalue weighted by atomic mass is 35.5. The van der Waals surface area contributed by atoms with Crippen LogP contribution in [0.5, 0.6) is 11.5 Å². The SMILES string of the molecule is COc1cc(C=CC(=O)Nc2cc(Cl)ccc2C)ccc1OCc1ccccc1. The van der Waals surface area contributed by atoms with Gasteiger partial charge in [-0.05, 0) is 54.0 Å². The van der Waals surface area contributed by atoms with Crippen molar-refractivity contribution in [2.24, 2.45) is 0 Å². The highest BCUT2D eigenvalue weighted by Gasteiger charge is 2.06. The predicted molar refractivity (Wildman–Crippen MR) is 118 cm³/mol. The maximum atomic E-state index is 12.2. The molecule has 29 heavy (non-hydrogen) atoms. The molecule has 0 aromatic heterocycles. The van der Waals surface area contributed by atoms with E-state index in [4.69, 9.17) is 21.1 Å². The fourth-order valence-corrected chi connectivity index (χ4v) is 2.89. The van der Waals surface area contributed by atoms with Gasteiger partial charge in [0.1, 0.15) is 6.61 Å². The Kier molecular flexibility index (Phi) is 6.93. The van der Waals surface area contributed by atoms with Crippen LogP contribution in [0, 0.1) is 6.92 Å². The number of aryl methyl sites for hydroxylation is 1. The summed E-state index contributed by atoms with van der Waals surface area (Å²) in [5, 5.41) is 3.41. The molecule has 0 saturated carbocycles. The Hall–Kier alpha value is -3.24. The van der Waals surface area contributed by atoms with Crippen LogP contribution in [-0.4, -0.2) is 13.0 Å². The third-order valence-electron chi connectivity index (χ3n) is 4.31. The number of carbonyl (C=O) groups excluding carboxylic acids is 1. The highest BCUT2D eigenvalue weighted by Crippen LogP contribution is 2.29. The largest absolute Gasteiger partial charge is 0.493 e. The van der Waals surface area contributed by atoms with Crippen molar-refractivity contribution in [3.05, 3.63) is 94.5 Å². The van der Waals surface area contributed by atoms with Crippen LogP contribution in [0.4, 0.5) is 5.69 Å². The van der Waals surface area contributed by atoms with Gasteiger partial charge in [0.15, 0.2) is 11.5 Å². The molecule has 4 nitrogen and oxygen atoms in total. The second kappa shape index (κ2) is 9.80. The molecular formula is C24H22ClNO3. The van der Waals surface area contributed by atoms with E-state index in [1.807, 2.05) is 61.5 Å². The van der Waals surface area contributed by atoms with Gasteiger partial charge in [0, 0.05) is 16.8 Å². The number of hydrogen-bond donors (Lipinski definition) is 1. The molecule has 0 heterocycles. The third-order valence-corrected chi connectivity index (χ3v) is 4.54. The highest BCUT2D eigenvalue weighted by molar-refractivity contribution is 6.31. The van der Waals surface area contributed by atoms with Crippen LogP contribution in [-0.2, 0) is 11.4 Å². The lowest BCUT2D eigenvalue weighted by Gasteiger charge is -2.11. The van der Waals surface area contributed by atoms with Crippen LogP contribution < -0.4 is 14.8 Å². The molecule has 0 atom stereocenters. The molecule has 0 fully saturated rings. The van der Waals surface area contributed by atoms with E-state index in [1.165, 1.54) is 6.08 Å². The smallest absolute Gasteiger partial charge is 0.248 e. The topological polar surface area (TPSA) is 47.6 Å². The normalized spacial score (nSPS) is 10.7. The van der Waals surface area contributed by atoms with E-state index in [0.717, 1.165) is 16.7 Å². The molecule has 0 aliphatic rings. The quantitative estimate of drug-likeness (QED) is 0.497. The molecule has 0 unspecified atom stereocenters. The van der Waals surface area contributed by atoms with Crippen molar-refractivity contribution < 1.29 is 14.3 Å². The van der Waals surface area contributed by atoms with Crippen molar-refractivity contribution in [1.29, 1.82) is 0 Å².